The maximum atomic E-state index is 11.8. The van der Waals surface area contributed by atoms with E-state index in [0.717, 1.165) is 17.5 Å². The van der Waals surface area contributed by atoms with E-state index in [2.05, 4.69) is 9.97 Å². The Hall–Kier alpha value is -1.63. The quantitative estimate of drug-likeness (QED) is 0.843. The zero-order valence-electron chi connectivity index (χ0n) is 10.7. The van der Waals surface area contributed by atoms with Crippen LogP contribution in [0.15, 0.2) is 12.3 Å². The normalized spacial score (nSPS) is 22.7. The largest absolute Gasteiger partial charge is 0.369 e. The van der Waals surface area contributed by atoms with Crippen molar-refractivity contribution in [3.8, 4) is 0 Å². The standard InChI is InChI=1S/C12H16N4O2S/c1-8-4-5-14-11-10(8)15-12(13)16(11)9-3-2-6-19(17,18)7-9/h4-5,9H,2-3,6-7H2,1H3,(H2,13,15). The zero-order valence-corrected chi connectivity index (χ0v) is 11.5. The summed E-state index contributed by atoms with van der Waals surface area (Å²) in [7, 11) is -2.99. The van der Waals surface area contributed by atoms with E-state index < -0.39 is 9.84 Å². The van der Waals surface area contributed by atoms with Gasteiger partial charge in [-0.3, -0.25) is 4.57 Å². The number of aryl methyl sites for hydroxylation is 1. The van der Waals surface area contributed by atoms with Gasteiger partial charge in [-0.1, -0.05) is 0 Å². The first-order chi connectivity index (χ1) is 8.98. The molecule has 1 aliphatic rings. The minimum absolute atomic E-state index is 0.123. The van der Waals surface area contributed by atoms with Gasteiger partial charge < -0.3 is 5.73 Å². The molecule has 1 unspecified atom stereocenters. The maximum Gasteiger partial charge on any atom is 0.202 e. The summed E-state index contributed by atoms with van der Waals surface area (Å²) in [5, 5.41) is 0. The number of fused-ring (bicyclic) bond motifs is 1. The second-order valence-electron chi connectivity index (χ2n) is 5.05. The fourth-order valence-corrected chi connectivity index (χ4v) is 4.36. The predicted octanol–water partition coefficient (Wildman–Crippen LogP) is 1.07. The van der Waals surface area contributed by atoms with Crippen LogP contribution in [-0.2, 0) is 9.84 Å². The molecule has 1 fully saturated rings. The highest BCUT2D eigenvalue weighted by atomic mass is 32.2. The summed E-state index contributed by atoms with van der Waals surface area (Å²) in [6.45, 7) is 1.94. The molecule has 1 saturated heterocycles. The van der Waals surface area contributed by atoms with E-state index in [1.165, 1.54) is 0 Å². The van der Waals surface area contributed by atoms with Crippen LogP contribution in [0.1, 0.15) is 24.4 Å². The number of nitrogens with zero attached hydrogens (tertiary/aromatic N) is 3. The molecule has 2 N–H and O–H groups in total. The second-order valence-corrected chi connectivity index (χ2v) is 7.28. The van der Waals surface area contributed by atoms with Crippen LogP contribution in [0.5, 0.6) is 0 Å². The zero-order chi connectivity index (χ0) is 13.6. The molecule has 1 aliphatic heterocycles. The van der Waals surface area contributed by atoms with Crippen molar-refractivity contribution in [1.29, 1.82) is 0 Å². The van der Waals surface area contributed by atoms with Crippen molar-refractivity contribution in [3.63, 3.8) is 0 Å². The summed E-state index contributed by atoms with van der Waals surface area (Å²) < 4.78 is 25.3. The van der Waals surface area contributed by atoms with Gasteiger partial charge in [0.1, 0.15) is 5.52 Å². The van der Waals surface area contributed by atoms with E-state index in [9.17, 15) is 8.42 Å². The molecular formula is C12H16N4O2S. The van der Waals surface area contributed by atoms with E-state index in [-0.39, 0.29) is 17.5 Å². The molecule has 3 rings (SSSR count). The SMILES string of the molecule is Cc1ccnc2c1nc(N)n2C1CCCS(=O)(=O)C1. The van der Waals surface area contributed by atoms with Gasteiger partial charge in [0.05, 0.1) is 17.5 Å². The first kappa shape index (κ1) is 12.4. The van der Waals surface area contributed by atoms with Crippen molar-refractivity contribution >= 4 is 26.9 Å². The van der Waals surface area contributed by atoms with Crippen molar-refractivity contribution < 1.29 is 8.42 Å². The molecule has 19 heavy (non-hydrogen) atoms. The summed E-state index contributed by atoms with van der Waals surface area (Å²) >= 11 is 0. The smallest absolute Gasteiger partial charge is 0.202 e. The lowest BCUT2D eigenvalue weighted by molar-refractivity contribution is 0.481. The van der Waals surface area contributed by atoms with Crippen molar-refractivity contribution in [2.75, 3.05) is 17.2 Å². The van der Waals surface area contributed by atoms with Crippen LogP contribution in [0.25, 0.3) is 11.2 Å². The minimum Gasteiger partial charge on any atom is -0.369 e. The summed E-state index contributed by atoms with van der Waals surface area (Å²) in [4.78, 5) is 8.63. The predicted molar refractivity (Wildman–Crippen MR) is 73.6 cm³/mol. The number of nitrogen functional groups attached to an aromatic ring is 1. The Labute approximate surface area is 111 Å². The molecule has 6 nitrogen and oxygen atoms in total. The molecule has 2 aromatic rings. The first-order valence-electron chi connectivity index (χ1n) is 6.27. The minimum atomic E-state index is -2.99. The average Bonchev–Trinajstić information content (AvgIpc) is 2.66. The highest BCUT2D eigenvalue weighted by Gasteiger charge is 2.29. The average molecular weight is 280 g/mol. The highest BCUT2D eigenvalue weighted by molar-refractivity contribution is 7.91. The van der Waals surface area contributed by atoms with Crippen LogP contribution in [0.2, 0.25) is 0 Å². The number of rotatable bonds is 1. The van der Waals surface area contributed by atoms with Gasteiger partial charge >= 0.3 is 0 Å². The van der Waals surface area contributed by atoms with Gasteiger partial charge in [-0.15, -0.1) is 0 Å². The molecule has 3 heterocycles. The first-order valence-corrected chi connectivity index (χ1v) is 8.09. The Morgan fingerprint density at radius 1 is 1.47 bits per heavy atom. The lowest BCUT2D eigenvalue weighted by Crippen LogP contribution is -2.28. The number of nitrogens with two attached hydrogens (primary N) is 1. The Bertz CT molecular complexity index is 736. The molecule has 102 valence electrons. The van der Waals surface area contributed by atoms with E-state index >= 15 is 0 Å². The number of hydrogen-bond donors (Lipinski definition) is 1. The van der Waals surface area contributed by atoms with Crippen molar-refractivity contribution in [2.45, 2.75) is 25.8 Å². The Morgan fingerprint density at radius 3 is 3.00 bits per heavy atom. The molecule has 0 aliphatic carbocycles. The molecular weight excluding hydrogens is 264 g/mol. The van der Waals surface area contributed by atoms with Gasteiger partial charge in [0.25, 0.3) is 0 Å². The van der Waals surface area contributed by atoms with E-state index in [0.29, 0.717) is 18.0 Å². The Balaban J connectivity index is 2.15. The molecule has 0 saturated carbocycles. The van der Waals surface area contributed by atoms with Crippen molar-refractivity contribution in [3.05, 3.63) is 17.8 Å². The van der Waals surface area contributed by atoms with Gasteiger partial charge in [-0.25, -0.2) is 18.4 Å². The molecule has 1 atom stereocenters. The molecule has 0 amide bonds. The lowest BCUT2D eigenvalue weighted by Gasteiger charge is -2.24. The van der Waals surface area contributed by atoms with E-state index in [4.69, 9.17) is 5.73 Å². The van der Waals surface area contributed by atoms with Crippen molar-refractivity contribution in [1.82, 2.24) is 14.5 Å². The number of sulfone groups is 1. The van der Waals surface area contributed by atoms with E-state index in [1.54, 1.807) is 10.8 Å². The van der Waals surface area contributed by atoms with Crippen LogP contribution in [0.4, 0.5) is 5.95 Å². The Morgan fingerprint density at radius 2 is 2.26 bits per heavy atom. The summed E-state index contributed by atoms with van der Waals surface area (Å²) in [5.41, 5.74) is 8.39. The number of imidazole rings is 1. The number of aromatic nitrogens is 3. The topological polar surface area (TPSA) is 90.9 Å². The number of hydrogen-bond acceptors (Lipinski definition) is 5. The van der Waals surface area contributed by atoms with Crippen LogP contribution >= 0.6 is 0 Å². The fraction of sp³-hybridized carbons (Fsp3) is 0.500. The third-order valence-electron chi connectivity index (χ3n) is 3.61. The van der Waals surface area contributed by atoms with Crippen molar-refractivity contribution in [2.24, 2.45) is 0 Å². The molecule has 0 spiro atoms. The number of pyridine rings is 1. The van der Waals surface area contributed by atoms with Crippen LogP contribution in [0.3, 0.4) is 0 Å². The monoisotopic (exact) mass is 280 g/mol. The summed E-state index contributed by atoms with van der Waals surface area (Å²) in [6.07, 6.45) is 3.16. The lowest BCUT2D eigenvalue weighted by atomic mass is 10.2. The van der Waals surface area contributed by atoms with Gasteiger partial charge in [-0.2, -0.15) is 0 Å². The molecule has 7 heteroatoms. The third-order valence-corrected chi connectivity index (χ3v) is 5.42. The van der Waals surface area contributed by atoms with Crippen LogP contribution in [-0.4, -0.2) is 34.5 Å². The van der Waals surface area contributed by atoms with Gasteiger partial charge in [-0.05, 0) is 31.4 Å². The molecule has 0 bridgehead atoms. The third kappa shape index (κ3) is 2.07. The van der Waals surface area contributed by atoms with Gasteiger partial charge in [0, 0.05) is 6.20 Å². The van der Waals surface area contributed by atoms with Crippen LogP contribution < -0.4 is 5.73 Å². The van der Waals surface area contributed by atoms with Gasteiger partial charge in [0.15, 0.2) is 15.5 Å². The molecule has 0 aromatic carbocycles. The highest BCUT2D eigenvalue weighted by Crippen LogP contribution is 2.29. The van der Waals surface area contributed by atoms with Crippen LogP contribution in [0, 0.1) is 6.92 Å². The Kier molecular flexibility index (Phi) is 2.74. The summed E-state index contributed by atoms with van der Waals surface area (Å²) in [6, 6.07) is 1.72. The second kappa shape index (κ2) is 4.19. The summed E-state index contributed by atoms with van der Waals surface area (Å²) in [5.74, 6) is 0.736. The fourth-order valence-electron chi connectivity index (χ4n) is 2.69. The maximum absolute atomic E-state index is 11.8. The molecule has 0 radical (unpaired) electrons. The van der Waals surface area contributed by atoms with Gasteiger partial charge in [0.2, 0.25) is 5.95 Å². The molecule has 2 aromatic heterocycles. The number of anilines is 1. The van der Waals surface area contributed by atoms with E-state index in [1.807, 2.05) is 13.0 Å².